The Hall–Kier alpha value is -1.95. The highest BCUT2D eigenvalue weighted by Gasteiger charge is 2.49. The smallest absolute Gasteiger partial charge is 0.167 e. The van der Waals surface area contributed by atoms with E-state index < -0.39 is 0 Å². The van der Waals surface area contributed by atoms with Gasteiger partial charge in [-0.1, -0.05) is 49.4 Å². The predicted octanol–water partition coefficient (Wildman–Crippen LogP) is 6.31. The number of thiol groups is 1. The topological polar surface area (TPSA) is 33.7 Å². The Labute approximate surface area is 217 Å². The Bertz CT molecular complexity index is 994. The van der Waals surface area contributed by atoms with Gasteiger partial charge in [-0.05, 0) is 80.1 Å². The summed E-state index contributed by atoms with van der Waals surface area (Å²) in [5.74, 6) is 3.30. The van der Waals surface area contributed by atoms with Crippen LogP contribution in [0.15, 0.2) is 53.4 Å². The average molecular weight is 495 g/mol. The molecule has 3 atom stereocenters. The van der Waals surface area contributed by atoms with Crippen molar-refractivity contribution in [1.82, 2.24) is 10.2 Å². The van der Waals surface area contributed by atoms with Crippen molar-refractivity contribution in [2.75, 3.05) is 40.4 Å². The molecule has 0 spiro atoms. The van der Waals surface area contributed by atoms with Crippen molar-refractivity contribution in [1.29, 1.82) is 0 Å². The van der Waals surface area contributed by atoms with Crippen molar-refractivity contribution in [3.05, 3.63) is 59.7 Å². The summed E-state index contributed by atoms with van der Waals surface area (Å²) >= 11 is 4.64. The third-order valence-electron chi connectivity index (χ3n) is 8.00. The summed E-state index contributed by atoms with van der Waals surface area (Å²) in [6.07, 6.45) is 11.1. The van der Waals surface area contributed by atoms with E-state index in [4.69, 9.17) is 9.47 Å². The van der Waals surface area contributed by atoms with Gasteiger partial charge < -0.3 is 14.8 Å². The largest absolute Gasteiger partial charge is 0.493 e. The average Bonchev–Trinajstić information content (AvgIpc) is 3.56. The van der Waals surface area contributed by atoms with E-state index in [1.807, 2.05) is 12.1 Å². The number of benzene rings is 2. The number of para-hydroxylation sites is 1. The molecule has 1 N–H and O–H groups in total. The van der Waals surface area contributed by atoms with E-state index in [-0.39, 0.29) is 0 Å². The fourth-order valence-electron chi connectivity index (χ4n) is 5.66. The molecule has 1 aliphatic heterocycles. The molecule has 2 aromatic rings. The van der Waals surface area contributed by atoms with Gasteiger partial charge in [-0.3, -0.25) is 4.90 Å². The third kappa shape index (κ3) is 7.05. The SMILES string of the molecule is COc1cccc(/C=C/CNC[C@@]2(C)C[C@@H]2CC2CCCN(Cc3ccccc3S)CC2)c1OC. The Morgan fingerprint density at radius 3 is 2.74 bits per heavy atom. The van der Waals surface area contributed by atoms with Gasteiger partial charge in [0.15, 0.2) is 11.5 Å². The minimum absolute atomic E-state index is 0.457. The van der Waals surface area contributed by atoms with E-state index >= 15 is 0 Å². The molecular weight excluding hydrogens is 452 g/mol. The first kappa shape index (κ1) is 26.1. The molecule has 5 heteroatoms. The van der Waals surface area contributed by atoms with Crippen molar-refractivity contribution in [2.45, 2.75) is 50.5 Å². The van der Waals surface area contributed by atoms with E-state index in [1.54, 1.807) is 14.2 Å². The molecule has 0 amide bonds. The van der Waals surface area contributed by atoms with E-state index in [0.717, 1.165) is 53.4 Å². The lowest BCUT2D eigenvalue weighted by molar-refractivity contribution is 0.267. The van der Waals surface area contributed by atoms with Crippen molar-refractivity contribution in [3.63, 3.8) is 0 Å². The van der Waals surface area contributed by atoms with Crippen LogP contribution in [0.2, 0.25) is 0 Å². The van der Waals surface area contributed by atoms with Crippen LogP contribution in [0.1, 0.15) is 50.2 Å². The van der Waals surface area contributed by atoms with Crippen LogP contribution in [0.25, 0.3) is 6.08 Å². The first-order chi connectivity index (χ1) is 17.0. The Morgan fingerprint density at radius 1 is 1.09 bits per heavy atom. The molecule has 4 rings (SSSR count). The summed E-state index contributed by atoms with van der Waals surface area (Å²) in [6, 6.07) is 14.5. The van der Waals surface area contributed by atoms with E-state index in [1.165, 1.54) is 50.8 Å². The zero-order chi connectivity index (χ0) is 24.7. The Morgan fingerprint density at radius 2 is 1.94 bits per heavy atom. The minimum Gasteiger partial charge on any atom is -0.493 e. The van der Waals surface area contributed by atoms with Crippen LogP contribution in [-0.2, 0) is 6.54 Å². The zero-order valence-electron chi connectivity index (χ0n) is 21.6. The molecule has 2 aliphatic rings. The summed E-state index contributed by atoms with van der Waals surface area (Å²) in [5, 5.41) is 3.67. The molecular formula is C30H42N2O2S. The van der Waals surface area contributed by atoms with Crippen molar-refractivity contribution >= 4 is 18.7 Å². The van der Waals surface area contributed by atoms with Crippen LogP contribution in [0.3, 0.4) is 0 Å². The standard InChI is InChI=1S/C30H42N2O2S/c1-30(22-31-16-7-12-24-11-6-13-27(33-2)29(24)34-3)20-26(30)19-23-9-8-17-32(18-15-23)21-25-10-4-5-14-28(25)35/h4-7,10-14,23,26,31,35H,8-9,15-22H2,1-3H3/b12-7+/t23?,26-,30+/m0/s1. The normalized spacial score (nSPS) is 24.9. The van der Waals surface area contributed by atoms with Crippen molar-refractivity contribution in [3.8, 4) is 11.5 Å². The van der Waals surface area contributed by atoms with Crippen LogP contribution >= 0.6 is 12.6 Å². The summed E-state index contributed by atoms with van der Waals surface area (Å²) in [5.41, 5.74) is 2.86. The molecule has 0 radical (unpaired) electrons. The molecule has 1 saturated carbocycles. The molecule has 1 saturated heterocycles. The van der Waals surface area contributed by atoms with Gasteiger partial charge in [-0.25, -0.2) is 0 Å². The lowest BCUT2D eigenvalue weighted by atomic mass is 9.91. The van der Waals surface area contributed by atoms with Gasteiger partial charge in [0.1, 0.15) is 0 Å². The summed E-state index contributed by atoms with van der Waals surface area (Å²) in [6.45, 7) is 7.89. The van der Waals surface area contributed by atoms with Crippen LogP contribution in [0.4, 0.5) is 0 Å². The molecule has 2 aromatic carbocycles. The monoisotopic (exact) mass is 494 g/mol. The minimum atomic E-state index is 0.457. The highest BCUT2D eigenvalue weighted by atomic mass is 32.1. The van der Waals surface area contributed by atoms with Gasteiger partial charge in [-0.15, -0.1) is 12.6 Å². The van der Waals surface area contributed by atoms with E-state index in [2.05, 4.69) is 72.3 Å². The van der Waals surface area contributed by atoms with Crippen LogP contribution in [-0.4, -0.2) is 45.3 Å². The number of methoxy groups -OCH3 is 2. The van der Waals surface area contributed by atoms with Crippen molar-refractivity contribution in [2.24, 2.45) is 17.3 Å². The quantitative estimate of drug-likeness (QED) is 0.283. The maximum Gasteiger partial charge on any atom is 0.167 e. The number of hydrogen-bond donors (Lipinski definition) is 2. The molecule has 1 heterocycles. The number of likely N-dealkylation sites (tertiary alicyclic amines) is 1. The Kier molecular flexibility index (Phi) is 9.21. The van der Waals surface area contributed by atoms with E-state index in [0.29, 0.717) is 5.41 Å². The van der Waals surface area contributed by atoms with Gasteiger partial charge in [-0.2, -0.15) is 0 Å². The molecule has 1 unspecified atom stereocenters. The predicted molar refractivity (Wildman–Crippen MR) is 149 cm³/mol. The molecule has 1 aliphatic carbocycles. The number of hydrogen-bond acceptors (Lipinski definition) is 5. The molecule has 190 valence electrons. The molecule has 4 nitrogen and oxygen atoms in total. The van der Waals surface area contributed by atoms with Gasteiger partial charge in [0, 0.05) is 30.1 Å². The molecule has 35 heavy (non-hydrogen) atoms. The first-order valence-electron chi connectivity index (χ1n) is 13.1. The van der Waals surface area contributed by atoms with Crippen LogP contribution in [0, 0.1) is 17.3 Å². The zero-order valence-corrected chi connectivity index (χ0v) is 22.5. The fraction of sp³-hybridized carbons (Fsp3) is 0.533. The van der Waals surface area contributed by atoms with Crippen LogP contribution in [0.5, 0.6) is 11.5 Å². The number of ether oxygens (including phenoxy) is 2. The number of nitrogens with one attached hydrogen (secondary N) is 1. The molecule has 0 aromatic heterocycles. The molecule has 2 fully saturated rings. The maximum atomic E-state index is 5.52. The van der Waals surface area contributed by atoms with Gasteiger partial charge in [0.2, 0.25) is 0 Å². The third-order valence-corrected chi connectivity index (χ3v) is 8.44. The second-order valence-electron chi connectivity index (χ2n) is 10.6. The summed E-state index contributed by atoms with van der Waals surface area (Å²) < 4.78 is 10.9. The van der Waals surface area contributed by atoms with Crippen LogP contribution < -0.4 is 14.8 Å². The number of nitrogens with zero attached hydrogens (tertiary/aromatic N) is 1. The van der Waals surface area contributed by atoms with Crippen molar-refractivity contribution < 1.29 is 9.47 Å². The second kappa shape index (κ2) is 12.3. The summed E-state index contributed by atoms with van der Waals surface area (Å²) in [4.78, 5) is 3.75. The highest BCUT2D eigenvalue weighted by Crippen LogP contribution is 2.55. The summed E-state index contributed by atoms with van der Waals surface area (Å²) in [7, 11) is 3.36. The van der Waals surface area contributed by atoms with Gasteiger partial charge in [0.25, 0.3) is 0 Å². The number of rotatable bonds is 11. The molecule has 0 bridgehead atoms. The maximum absolute atomic E-state index is 5.52. The highest BCUT2D eigenvalue weighted by molar-refractivity contribution is 7.80. The lowest BCUT2D eigenvalue weighted by Crippen LogP contribution is -2.25. The fourth-order valence-corrected chi connectivity index (χ4v) is 5.90. The second-order valence-corrected chi connectivity index (χ2v) is 11.1. The van der Waals surface area contributed by atoms with Gasteiger partial charge in [0.05, 0.1) is 14.2 Å². The van der Waals surface area contributed by atoms with Gasteiger partial charge >= 0.3 is 0 Å². The Balaban J connectivity index is 1.18. The first-order valence-corrected chi connectivity index (χ1v) is 13.5. The lowest BCUT2D eigenvalue weighted by Gasteiger charge is -2.21. The van der Waals surface area contributed by atoms with E-state index in [9.17, 15) is 0 Å².